The van der Waals surface area contributed by atoms with Gasteiger partial charge in [-0.3, -0.25) is 0 Å². The number of ether oxygens (including phenoxy) is 1. The second-order valence-corrected chi connectivity index (χ2v) is 6.98. The Hall–Kier alpha value is -1.22. The van der Waals surface area contributed by atoms with Crippen LogP contribution in [0.4, 0.5) is 0 Å². The molecule has 9 heteroatoms. The van der Waals surface area contributed by atoms with Crippen LogP contribution in [0.15, 0.2) is 40.0 Å². The number of nitrogens with zero attached hydrogens (tertiary/aromatic N) is 2. The van der Waals surface area contributed by atoms with E-state index >= 15 is 0 Å². The van der Waals surface area contributed by atoms with Crippen LogP contribution in [0.2, 0.25) is 5.15 Å². The van der Waals surface area contributed by atoms with Gasteiger partial charge in [-0.15, -0.1) is 0 Å². The standard InChI is InChI=1S/C12H11BrClN3O3S/c1-20-11-3-2-8(5-15-11)6-17-21(18,19)10-4-9(13)7-16-12(10)14/h2-5,7,17H,6H2,1H3. The van der Waals surface area contributed by atoms with Gasteiger partial charge in [0.25, 0.3) is 0 Å². The Morgan fingerprint density at radius 3 is 2.71 bits per heavy atom. The maximum atomic E-state index is 12.2. The van der Waals surface area contributed by atoms with Crippen LogP contribution in [0.3, 0.4) is 0 Å². The van der Waals surface area contributed by atoms with E-state index in [-0.39, 0.29) is 16.6 Å². The molecule has 2 aromatic heterocycles. The van der Waals surface area contributed by atoms with Gasteiger partial charge in [0.1, 0.15) is 10.0 Å². The molecule has 0 saturated carbocycles. The highest BCUT2D eigenvalue weighted by molar-refractivity contribution is 9.10. The maximum Gasteiger partial charge on any atom is 0.243 e. The van der Waals surface area contributed by atoms with Gasteiger partial charge in [-0.1, -0.05) is 17.7 Å². The van der Waals surface area contributed by atoms with Gasteiger partial charge in [-0.05, 0) is 27.6 Å². The Kier molecular flexibility index (Phi) is 5.15. The molecule has 0 aliphatic heterocycles. The number of aromatic nitrogens is 2. The summed E-state index contributed by atoms with van der Waals surface area (Å²) in [7, 11) is -2.25. The van der Waals surface area contributed by atoms with E-state index in [0.29, 0.717) is 15.9 Å². The molecule has 1 N–H and O–H groups in total. The molecule has 112 valence electrons. The van der Waals surface area contributed by atoms with Crippen LogP contribution in [0.1, 0.15) is 5.56 Å². The number of pyridine rings is 2. The lowest BCUT2D eigenvalue weighted by molar-refractivity contribution is 0.397. The molecular formula is C12H11BrClN3O3S. The monoisotopic (exact) mass is 391 g/mol. The summed E-state index contributed by atoms with van der Waals surface area (Å²) in [6.07, 6.45) is 2.96. The van der Waals surface area contributed by atoms with E-state index in [0.717, 1.165) is 0 Å². The molecule has 2 aromatic rings. The number of methoxy groups -OCH3 is 1. The van der Waals surface area contributed by atoms with Gasteiger partial charge >= 0.3 is 0 Å². The van der Waals surface area contributed by atoms with E-state index in [9.17, 15) is 8.42 Å². The summed E-state index contributed by atoms with van der Waals surface area (Å²) < 4.78 is 32.3. The zero-order valence-corrected chi connectivity index (χ0v) is 14.0. The summed E-state index contributed by atoms with van der Waals surface area (Å²) in [5, 5.41) is -0.0847. The van der Waals surface area contributed by atoms with Crippen LogP contribution in [0.25, 0.3) is 0 Å². The van der Waals surface area contributed by atoms with Crippen molar-refractivity contribution in [2.45, 2.75) is 11.4 Å². The summed E-state index contributed by atoms with van der Waals surface area (Å²) in [5.74, 6) is 0.459. The van der Waals surface area contributed by atoms with E-state index in [4.69, 9.17) is 16.3 Å². The number of nitrogens with one attached hydrogen (secondary N) is 1. The van der Waals surface area contributed by atoms with Gasteiger partial charge in [-0.2, -0.15) is 0 Å². The van der Waals surface area contributed by atoms with E-state index in [2.05, 4.69) is 30.6 Å². The zero-order chi connectivity index (χ0) is 15.5. The molecule has 0 atom stereocenters. The molecule has 0 saturated heterocycles. The van der Waals surface area contributed by atoms with Crippen molar-refractivity contribution in [1.82, 2.24) is 14.7 Å². The normalized spacial score (nSPS) is 11.4. The number of rotatable bonds is 5. The highest BCUT2D eigenvalue weighted by atomic mass is 79.9. The van der Waals surface area contributed by atoms with Gasteiger partial charge in [-0.25, -0.2) is 23.1 Å². The van der Waals surface area contributed by atoms with Crippen molar-refractivity contribution in [2.24, 2.45) is 0 Å². The number of sulfonamides is 1. The molecule has 6 nitrogen and oxygen atoms in total. The molecule has 0 spiro atoms. The predicted molar refractivity (Wildman–Crippen MR) is 81.8 cm³/mol. The van der Waals surface area contributed by atoms with Crippen LogP contribution in [0.5, 0.6) is 5.88 Å². The molecule has 0 aromatic carbocycles. The van der Waals surface area contributed by atoms with E-state index in [1.165, 1.54) is 25.6 Å². The minimum Gasteiger partial charge on any atom is -0.481 e. The van der Waals surface area contributed by atoms with E-state index in [1.54, 1.807) is 12.1 Å². The molecule has 0 radical (unpaired) electrons. The lowest BCUT2D eigenvalue weighted by Gasteiger charge is -2.08. The van der Waals surface area contributed by atoms with Crippen molar-refractivity contribution >= 4 is 37.6 Å². The highest BCUT2D eigenvalue weighted by Gasteiger charge is 2.19. The van der Waals surface area contributed by atoms with Crippen LogP contribution >= 0.6 is 27.5 Å². The topological polar surface area (TPSA) is 81.2 Å². The molecule has 0 bridgehead atoms. The molecule has 0 aliphatic rings. The Morgan fingerprint density at radius 1 is 1.33 bits per heavy atom. The van der Waals surface area contributed by atoms with Gasteiger partial charge in [0.15, 0.2) is 0 Å². The Balaban J connectivity index is 2.15. The molecule has 0 aliphatic carbocycles. The minimum atomic E-state index is -3.76. The molecule has 0 amide bonds. The molecule has 2 heterocycles. The zero-order valence-electron chi connectivity index (χ0n) is 10.9. The quantitative estimate of drug-likeness (QED) is 0.790. The molecular weight excluding hydrogens is 382 g/mol. The number of hydrogen-bond donors (Lipinski definition) is 1. The summed E-state index contributed by atoms with van der Waals surface area (Å²) in [6, 6.07) is 4.76. The third kappa shape index (κ3) is 4.13. The second kappa shape index (κ2) is 6.69. The van der Waals surface area contributed by atoms with Crippen LogP contribution in [-0.4, -0.2) is 25.5 Å². The Morgan fingerprint density at radius 2 is 2.10 bits per heavy atom. The number of hydrogen-bond acceptors (Lipinski definition) is 5. The van der Waals surface area contributed by atoms with E-state index < -0.39 is 10.0 Å². The third-order valence-corrected chi connectivity index (χ3v) is 4.80. The largest absolute Gasteiger partial charge is 0.481 e. The smallest absolute Gasteiger partial charge is 0.243 e. The van der Waals surface area contributed by atoms with Gasteiger partial charge < -0.3 is 4.74 Å². The van der Waals surface area contributed by atoms with Gasteiger partial charge in [0.05, 0.1) is 7.11 Å². The predicted octanol–water partition coefficient (Wildman–Crippen LogP) is 2.38. The SMILES string of the molecule is COc1ccc(CNS(=O)(=O)c2cc(Br)cnc2Cl)cn1. The first-order valence-corrected chi connectivity index (χ1v) is 8.37. The average molecular weight is 393 g/mol. The van der Waals surface area contributed by atoms with Crippen molar-refractivity contribution in [1.29, 1.82) is 0 Å². The fourth-order valence-corrected chi connectivity index (χ4v) is 3.44. The van der Waals surface area contributed by atoms with Crippen molar-refractivity contribution in [3.63, 3.8) is 0 Å². The first kappa shape index (κ1) is 16.2. The van der Waals surface area contributed by atoms with Crippen molar-refractivity contribution < 1.29 is 13.2 Å². The minimum absolute atomic E-state index is 0.0833. The lowest BCUT2D eigenvalue weighted by Crippen LogP contribution is -2.23. The Bertz CT molecular complexity index is 738. The second-order valence-electron chi connectivity index (χ2n) is 3.98. The molecule has 21 heavy (non-hydrogen) atoms. The molecule has 0 fully saturated rings. The van der Waals surface area contributed by atoms with Crippen LogP contribution in [0, 0.1) is 0 Å². The van der Waals surface area contributed by atoms with E-state index in [1.807, 2.05) is 0 Å². The summed E-state index contributed by atoms with van der Waals surface area (Å²) in [6.45, 7) is 0.0855. The van der Waals surface area contributed by atoms with Crippen LogP contribution < -0.4 is 9.46 Å². The van der Waals surface area contributed by atoms with Gasteiger partial charge in [0.2, 0.25) is 15.9 Å². The maximum absolute atomic E-state index is 12.2. The first-order chi connectivity index (χ1) is 9.92. The van der Waals surface area contributed by atoms with Crippen LogP contribution in [-0.2, 0) is 16.6 Å². The number of halogens is 2. The summed E-state index contributed by atoms with van der Waals surface area (Å²) >= 11 is 8.99. The molecule has 2 rings (SSSR count). The average Bonchev–Trinajstić information content (AvgIpc) is 2.48. The fourth-order valence-electron chi connectivity index (χ4n) is 1.48. The fraction of sp³-hybridized carbons (Fsp3) is 0.167. The third-order valence-electron chi connectivity index (χ3n) is 2.54. The lowest BCUT2D eigenvalue weighted by atomic mass is 10.3. The van der Waals surface area contributed by atoms with Crippen molar-refractivity contribution in [3.8, 4) is 5.88 Å². The highest BCUT2D eigenvalue weighted by Crippen LogP contribution is 2.22. The first-order valence-electron chi connectivity index (χ1n) is 5.72. The van der Waals surface area contributed by atoms with Crippen molar-refractivity contribution in [3.05, 3.63) is 45.8 Å². The van der Waals surface area contributed by atoms with Gasteiger partial charge in [0, 0.05) is 29.5 Å². The summed E-state index contributed by atoms with van der Waals surface area (Å²) in [5.41, 5.74) is 0.693. The Labute approximate surface area is 135 Å². The van der Waals surface area contributed by atoms with Crippen molar-refractivity contribution in [2.75, 3.05) is 7.11 Å². The summed E-state index contributed by atoms with van der Waals surface area (Å²) in [4.78, 5) is 7.71. The molecule has 0 unspecified atom stereocenters.